The second-order valence-corrected chi connectivity index (χ2v) is 7.25. The Balaban J connectivity index is 0.000000151. The van der Waals surface area contributed by atoms with Gasteiger partial charge in [-0.05, 0) is 38.4 Å². The molecule has 2 aromatic rings. The summed E-state index contributed by atoms with van der Waals surface area (Å²) in [5, 5.41) is 0. The quantitative estimate of drug-likeness (QED) is 0.824. The first kappa shape index (κ1) is 18.7. The average molecular weight is 353 g/mol. The van der Waals surface area contributed by atoms with E-state index in [0.29, 0.717) is 0 Å². The maximum absolute atomic E-state index is 2.44. The van der Waals surface area contributed by atoms with Crippen LogP contribution in [0.3, 0.4) is 0 Å². The number of hydrogen-bond acceptors (Lipinski definition) is 4. The zero-order valence-corrected chi connectivity index (χ0v) is 16.2. The van der Waals surface area contributed by atoms with Crippen LogP contribution in [0.4, 0.5) is 11.4 Å². The van der Waals surface area contributed by atoms with Gasteiger partial charge < -0.3 is 19.6 Å². The number of likely N-dealkylation sites (N-methyl/N-ethyl adjacent to an activating group) is 2. The number of anilines is 2. The van der Waals surface area contributed by atoms with Crippen molar-refractivity contribution >= 4 is 11.4 Å². The van der Waals surface area contributed by atoms with Crippen LogP contribution in [0.15, 0.2) is 60.7 Å². The van der Waals surface area contributed by atoms with E-state index in [2.05, 4.69) is 94.4 Å². The van der Waals surface area contributed by atoms with Gasteiger partial charge in [0.15, 0.2) is 0 Å². The molecule has 0 aromatic heterocycles. The van der Waals surface area contributed by atoms with E-state index < -0.39 is 0 Å². The van der Waals surface area contributed by atoms with Crippen LogP contribution in [-0.2, 0) is 0 Å². The summed E-state index contributed by atoms with van der Waals surface area (Å²) in [7, 11) is 4.37. The van der Waals surface area contributed by atoms with E-state index >= 15 is 0 Å². The lowest BCUT2D eigenvalue weighted by molar-refractivity contribution is 0.313. The molecule has 2 aliphatic heterocycles. The lowest BCUT2D eigenvalue weighted by atomic mass is 10.2. The van der Waals surface area contributed by atoms with Gasteiger partial charge in [0.05, 0.1) is 0 Å². The van der Waals surface area contributed by atoms with Crippen molar-refractivity contribution in [2.24, 2.45) is 0 Å². The third-order valence-corrected chi connectivity index (χ3v) is 5.25. The highest BCUT2D eigenvalue weighted by Gasteiger charge is 2.14. The molecule has 2 heterocycles. The summed E-state index contributed by atoms with van der Waals surface area (Å²) in [6, 6.07) is 21.3. The van der Waals surface area contributed by atoms with E-state index in [1.807, 2.05) is 0 Å². The highest BCUT2D eigenvalue weighted by molar-refractivity contribution is 5.47. The maximum atomic E-state index is 2.44. The Morgan fingerprint density at radius 3 is 1.08 bits per heavy atom. The van der Waals surface area contributed by atoms with E-state index in [1.165, 1.54) is 37.6 Å². The minimum Gasteiger partial charge on any atom is -0.369 e. The molecule has 0 radical (unpaired) electrons. The van der Waals surface area contributed by atoms with Gasteiger partial charge >= 0.3 is 0 Å². The van der Waals surface area contributed by atoms with Crippen LogP contribution in [0, 0.1) is 0 Å². The van der Waals surface area contributed by atoms with Crippen molar-refractivity contribution in [3.8, 4) is 0 Å². The molecule has 2 fully saturated rings. The van der Waals surface area contributed by atoms with Crippen LogP contribution in [-0.4, -0.2) is 76.3 Å². The Bertz CT molecular complexity index is 558. The largest absolute Gasteiger partial charge is 0.369 e. The molecule has 140 valence electrons. The number of benzene rings is 2. The number of rotatable bonds is 2. The topological polar surface area (TPSA) is 13.0 Å². The fraction of sp³-hybridized carbons (Fsp3) is 0.455. The Labute approximate surface area is 158 Å². The van der Waals surface area contributed by atoms with Crippen LogP contribution in [0.25, 0.3) is 0 Å². The standard InChI is InChI=1S/2C11H16N2/c2*1-12-7-9-13(10-8-12)11-5-3-2-4-6-11/h2*2-6H,7-10H2,1H3. The number of piperazine rings is 2. The fourth-order valence-corrected chi connectivity index (χ4v) is 3.41. The molecule has 4 heteroatoms. The lowest BCUT2D eigenvalue weighted by Crippen LogP contribution is -2.44. The van der Waals surface area contributed by atoms with Crippen molar-refractivity contribution < 1.29 is 0 Å². The second-order valence-electron chi connectivity index (χ2n) is 7.25. The molecular weight excluding hydrogens is 320 g/mol. The van der Waals surface area contributed by atoms with Crippen LogP contribution in [0.5, 0.6) is 0 Å². The van der Waals surface area contributed by atoms with Crippen molar-refractivity contribution in [3.63, 3.8) is 0 Å². The minimum absolute atomic E-state index is 1.15. The molecule has 0 spiro atoms. The molecule has 0 unspecified atom stereocenters. The van der Waals surface area contributed by atoms with Crippen molar-refractivity contribution in [1.29, 1.82) is 0 Å². The highest BCUT2D eigenvalue weighted by atomic mass is 15.3. The Morgan fingerprint density at radius 2 is 0.769 bits per heavy atom. The van der Waals surface area contributed by atoms with Crippen LogP contribution in [0.2, 0.25) is 0 Å². The van der Waals surface area contributed by atoms with Crippen molar-refractivity contribution in [1.82, 2.24) is 9.80 Å². The third kappa shape index (κ3) is 5.48. The number of hydrogen-bond donors (Lipinski definition) is 0. The average Bonchev–Trinajstić information content (AvgIpc) is 2.71. The first-order valence-corrected chi connectivity index (χ1v) is 9.69. The summed E-state index contributed by atoms with van der Waals surface area (Å²) in [6.45, 7) is 9.32. The van der Waals surface area contributed by atoms with Gasteiger partial charge in [-0.3, -0.25) is 0 Å². The van der Waals surface area contributed by atoms with Gasteiger partial charge in [0.1, 0.15) is 0 Å². The minimum atomic E-state index is 1.15. The van der Waals surface area contributed by atoms with Gasteiger partial charge in [-0.1, -0.05) is 36.4 Å². The van der Waals surface area contributed by atoms with Gasteiger partial charge in [0.2, 0.25) is 0 Å². The maximum Gasteiger partial charge on any atom is 0.0367 e. The zero-order valence-electron chi connectivity index (χ0n) is 16.2. The SMILES string of the molecule is CN1CCN(c2ccccc2)CC1.CN1CCN(c2ccccc2)CC1. The van der Waals surface area contributed by atoms with E-state index in [-0.39, 0.29) is 0 Å². The molecule has 4 rings (SSSR count). The molecule has 2 aliphatic rings. The molecule has 4 nitrogen and oxygen atoms in total. The molecule has 2 aromatic carbocycles. The highest BCUT2D eigenvalue weighted by Crippen LogP contribution is 2.15. The van der Waals surface area contributed by atoms with E-state index in [9.17, 15) is 0 Å². The normalized spacial score (nSPS) is 19.0. The molecule has 0 bridgehead atoms. The molecule has 0 N–H and O–H groups in total. The number of para-hydroxylation sites is 2. The van der Waals surface area contributed by atoms with E-state index in [0.717, 1.165) is 26.2 Å². The summed E-state index contributed by atoms with van der Waals surface area (Å²) in [5.74, 6) is 0. The monoisotopic (exact) mass is 352 g/mol. The first-order chi connectivity index (χ1) is 12.7. The second kappa shape index (κ2) is 9.60. The van der Waals surface area contributed by atoms with Crippen LogP contribution in [0.1, 0.15) is 0 Å². The van der Waals surface area contributed by atoms with Gasteiger partial charge in [0.25, 0.3) is 0 Å². The Kier molecular flexibility index (Phi) is 6.92. The summed E-state index contributed by atoms with van der Waals surface area (Å²) in [6.07, 6.45) is 0. The predicted molar refractivity (Wildman–Crippen MR) is 112 cm³/mol. The van der Waals surface area contributed by atoms with Gasteiger partial charge in [-0.2, -0.15) is 0 Å². The summed E-state index contributed by atoms with van der Waals surface area (Å²) in [4.78, 5) is 9.64. The summed E-state index contributed by atoms with van der Waals surface area (Å²) >= 11 is 0. The first-order valence-electron chi connectivity index (χ1n) is 9.69. The molecule has 0 saturated carbocycles. The fourth-order valence-electron chi connectivity index (χ4n) is 3.41. The van der Waals surface area contributed by atoms with E-state index in [4.69, 9.17) is 0 Å². The summed E-state index contributed by atoms with van der Waals surface area (Å²) in [5.41, 5.74) is 2.71. The van der Waals surface area contributed by atoms with Crippen LogP contribution >= 0.6 is 0 Å². The zero-order chi connectivity index (χ0) is 18.2. The molecular formula is C22H32N4. The van der Waals surface area contributed by atoms with Gasteiger partial charge in [-0.15, -0.1) is 0 Å². The predicted octanol–water partition coefficient (Wildman–Crippen LogP) is 2.88. The third-order valence-electron chi connectivity index (χ3n) is 5.25. The lowest BCUT2D eigenvalue weighted by Gasteiger charge is -2.33. The van der Waals surface area contributed by atoms with Gasteiger partial charge in [-0.25, -0.2) is 0 Å². The van der Waals surface area contributed by atoms with Crippen molar-refractivity contribution in [3.05, 3.63) is 60.7 Å². The Morgan fingerprint density at radius 1 is 0.462 bits per heavy atom. The van der Waals surface area contributed by atoms with Crippen molar-refractivity contribution in [2.45, 2.75) is 0 Å². The molecule has 26 heavy (non-hydrogen) atoms. The van der Waals surface area contributed by atoms with E-state index in [1.54, 1.807) is 0 Å². The molecule has 0 atom stereocenters. The molecule has 0 aliphatic carbocycles. The van der Waals surface area contributed by atoms with Crippen LogP contribution < -0.4 is 9.80 Å². The smallest absolute Gasteiger partial charge is 0.0367 e. The molecule has 0 amide bonds. The Hall–Kier alpha value is -2.04. The van der Waals surface area contributed by atoms with Gasteiger partial charge in [0, 0.05) is 63.7 Å². The summed E-state index contributed by atoms with van der Waals surface area (Å²) < 4.78 is 0. The van der Waals surface area contributed by atoms with Crippen molar-refractivity contribution in [2.75, 3.05) is 76.3 Å². The molecule has 2 saturated heterocycles. The number of nitrogens with zero attached hydrogens (tertiary/aromatic N) is 4.